The van der Waals surface area contributed by atoms with E-state index < -0.39 is 24.0 Å². The molecule has 2 heterocycles. The number of nitrogen functional groups attached to an aromatic ring is 1. The molecule has 1 saturated heterocycles. The molecule has 160 valence electrons. The third-order valence-electron chi connectivity index (χ3n) is 5.11. The van der Waals surface area contributed by atoms with Gasteiger partial charge in [-0.2, -0.15) is 0 Å². The molecule has 0 bridgehead atoms. The maximum Gasteiger partial charge on any atom is 0.259 e. The van der Waals surface area contributed by atoms with Gasteiger partial charge in [0.15, 0.2) is 18.1 Å². The van der Waals surface area contributed by atoms with Gasteiger partial charge in [0, 0.05) is 40.5 Å². The van der Waals surface area contributed by atoms with Gasteiger partial charge in [0.1, 0.15) is 5.84 Å². The quantitative estimate of drug-likeness (QED) is 0.263. The predicted octanol–water partition coefficient (Wildman–Crippen LogP) is 0.889. The number of hydrogen-bond acceptors (Lipinski definition) is 6. The number of morpholine rings is 1. The number of rotatable bonds is 5. The van der Waals surface area contributed by atoms with Crippen LogP contribution in [0.25, 0.3) is 10.8 Å². The average molecular weight is 423 g/mol. The number of fused-ring (bicyclic) bond motifs is 1. The number of nitrogens with one attached hydrogen (secondary N) is 3. The number of nitrogens with zero attached hydrogens (tertiary/aromatic N) is 1. The molecule has 0 saturated carbocycles. The van der Waals surface area contributed by atoms with Crippen LogP contribution >= 0.6 is 0 Å². The second-order valence-electron chi connectivity index (χ2n) is 7.12. The normalized spacial score (nSPS) is 17.5. The molecule has 10 nitrogen and oxygen atoms in total. The van der Waals surface area contributed by atoms with Crippen molar-refractivity contribution in [2.75, 3.05) is 23.4 Å². The Hall–Kier alpha value is -3.89. The summed E-state index contributed by atoms with van der Waals surface area (Å²) in [7, 11) is 0. The van der Waals surface area contributed by atoms with Gasteiger partial charge in [-0.15, -0.1) is 0 Å². The molecule has 1 aliphatic heterocycles. The molecule has 1 fully saturated rings. The van der Waals surface area contributed by atoms with Gasteiger partial charge in [0.2, 0.25) is 0 Å². The number of anilines is 2. The van der Waals surface area contributed by atoms with Crippen LogP contribution in [0, 0.1) is 5.41 Å². The Morgan fingerprint density at radius 2 is 2.03 bits per heavy atom. The van der Waals surface area contributed by atoms with Crippen molar-refractivity contribution in [1.82, 2.24) is 4.98 Å². The predicted molar refractivity (Wildman–Crippen MR) is 114 cm³/mol. The van der Waals surface area contributed by atoms with Crippen LogP contribution in [0.2, 0.25) is 0 Å². The minimum Gasteiger partial charge on any atom is -0.494 e. The molecule has 2 atom stereocenters. The minimum atomic E-state index is -1.73. The Morgan fingerprint density at radius 1 is 1.29 bits per heavy atom. The summed E-state index contributed by atoms with van der Waals surface area (Å²) >= 11 is 0. The van der Waals surface area contributed by atoms with Crippen molar-refractivity contribution in [2.24, 2.45) is 5.73 Å². The van der Waals surface area contributed by atoms with Gasteiger partial charge in [-0.25, -0.2) is 0 Å². The van der Waals surface area contributed by atoms with E-state index in [0.717, 1.165) is 5.39 Å². The number of amidine groups is 1. The molecular formula is C21H21N5O5. The Kier molecular flexibility index (Phi) is 5.32. The van der Waals surface area contributed by atoms with Gasteiger partial charge in [-0.3, -0.25) is 15.0 Å². The molecular weight excluding hydrogens is 402 g/mol. The fourth-order valence-corrected chi connectivity index (χ4v) is 3.44. The van der Waals surface area contributed by atoms with Gasteiger partial charge >= 0.3 is 0 Å². The van der Waals surface area contributed by atoms with Crippen LogP contribution in [-0.4, -0.2) is 58.2 Å². The monoisotopic (exact) mass is 423 g/mol. The highest BCUT2D eigenvalue weighted by molar-refractivity contribution is 6.05. The molecule has 10 heteroatoms. The van der Waals surface area contributed by atoms with Gasteiger partial charge in [-0.05, 0) is 36.4 Å². The van der Waals surface area contributed by atoms with Crippen molar-refractivity contribution >= 4 is 39.8 Å². The van der Waals surface area contributed by atoms with Crippen LogP contribution < -0.4 is 16.0 Å². The highest BCUT2D eigenvalue weighted by Crippen LogP contribution is 2.30. The van der Waals surface area contributed by atoms with E-state index in [-0.39, 0.29) is 24.9 Å². The number of H-pyrrole nitrogens is 1. The second kappa shape index (κ2) is 8.09. The summed E-state index contributed by atoms with van der Waals surface area (Å²) < 4.78 is 5.41. The number of aliphatic hydroxyl groups excluding tert-OH is 1. The van der Waals surface area contributed by atoms with Crippen LogP contribution in [0.1, 0.15) is 5.56 Å². The first-order chi connectivity index (χ1) is 14.8. The summed E-state index contributed by atoms with van der Waals surface area (Å²) in [5, 5.41) is 31.6. The van der Waals surface area contributed by atoms with Crippen LogP contribution in [-0.2, 0) is 14.3 Å². The number of aromatic hydroxyl groups is 1. The molecule has 0 aliphatic carbocycles. The lowest BCUT2D eigenvalue weighted by Crippen LogP contribution is -2.55. The Labute approximate surface area is 176 Å². The van der Waals surface area contributed by atoms with Crippen LogP contribution in [0.4, 0.5) is 11.4 Å². The molecule has 3 aromatic rings. The van der Waals surface area contributed by atoms with Crippen LogP contribution in [0.3, 0.4) is 0 Å². The molecule has 0 spiro atoms. The number of amides is 2. The van der Waals surface area contributed by atoms with E-state index in [4.69, 9.17) is 15.9 Å². The van der Waals surface area contributed by atoms with Crippen molar-refractivity contribution in [2.45, 2.75) is 12.2 Å². The van der Waals surface area contributed by atoms with Gasteiger partial charge < -0.3 is 35.9 Å². The van der Waals surface area contributed by atoms with Crippen molar-refractivity contribution in [3.05, 3.63) is 54.2 Å². The Balaban J connectivity index is 1.49. The first kappa shape index (κ1) is 20.4. The number of hydrogen-bond donors (Lipinski definition) is 6. The van der Waals surface area contributed by atoms with Crippen LogP contribution in [0.5, 0.6) is 5.88 Å². The SMILES string of the molecule is N=C(N)c1ccc(NC(=O)[C@H](O)[C@H]2OCCN(c3ccc4c[nH]c(O)c4c3)C2=O)cc1. The molecule has 2 aromatic carbocycles. The second-order valence-corrected chi connectivity index (χ2v) is 7.12. The van der Waals surface area contributed by atoms with E-state index in [1.54, 1.807) is 36.5 Å². The van der Waals surface area contributed by atoms with E-state index in [1.807, 2.05) is 0 Å². The zero-order valence-electron chi connectivity index (χ0n) is 16.3. The third kappa shape index (κ3) is 3.93. The molecule has 4 rings (SSSR count). The lowest BCUT2D eigenvalue weighted by Gasteiger charge is -2.34. The minimum absolute atomic E-state index is 0.00990. The summed E-state index contributed by atoms with van der Waals surface area (Å²) in [5.41, 5.74) is 6.79. The number of nitrogens with two attached hydrogens (primary N) is 1. The maximum atomic E-state index is 13.0. The summed E-state index contributed by atoms with van der Waals surface area (Å²) in [4.78, 5) is 29.6. The Morgan fingerprint density at radius 3 is 2.74 bits per heavy atom. The summed E-state index contributed by atoms with van der Waals surface area (Å²) in [6.07, 6.45) is -1.46. The van der Waals surface area contributed by atoms with Crippen molar-refractivity contribution < 1.29 is 24.5 Å². The number of aliphatic hydroxyl groups is 1. The van der Waals surface area contributed by atoms with Gasteiger partial charge in [-0.1, -0.05) is 6.07 Å². The van der Waals surface area contributed by atoms with E-state index in [9.17, 15) is 19.8 Å². The smallest absolute Gasteiger partial charge is 0.259 e. The molecule has 0 radical (unpaired) electrons. The fourth-order valence-electron chi connectivity index (χ4n) is 3.44. The van der Waals surface area contributed by atoms with E-state index in [1.165, 1.54) is 17.0 Å². The standard InChI is InChI=1S/C21H21N5O5/c22-18(23)11-1-4-13(5-2-11)25-20(29)16(27)17-21(30)26(7-8-31-17)14-6-3-12-10-24-19(28)15(12)9-14/h1-6,9-10,16-17,24,27-28H,7-8H2,(H3,22,23)(H,25,29)/t16-,17-/m1/s1. The lowest BCUT2D eigenvalue weighted by atomic mass is 10.1. The number of aromatic nitrogens is 1. The molecule has 0 unspecified atom stereocenters. The maximum absolute atomic E-state index is 13.0. The van der Waals surface area contributed by atoms with Crippen molar-refractivity contribution in [3.63, 3.8) is 0 Å². The number of carbonyl (C=O) groups excluding carboxylic acids is 2. The lowest BCUT2D eigenvalue weighted by molar-refractivity contribution is -0.150. The topological polar surface area (TPSA) is 165 Å². The van der Waals surface area contributed by atoms with Crippen molar-refractivity contribution in [1.29, 1.82) is 5.41 Å². The highest BCUT2D eigenvalue weighted by Gasteiger charge is 2.39. The number of ether oxygens (including phenoxy) is 1. The van der Waals surface area contributed by atoms with Gasteiger partial charge in [0.05, 0.1) is 6.61 Å². The number of aromatic amines is 1. The third-order valence-corrected chi connectivity index (χ3v) is 5.11. The highest BCUT2D eigenvalue weighted by atomic mass is 16.5. The van der Waals surface area contributed by atoms with Gasteiger partial charge in [0.25, 0.3) is 11.8 Å². The number of carbonyl (C=O) groups is 2. The fraction of sp³-hybridized carbons (Fsp3) is 0.190. The zero-order chi connectivity index (χ0) is 22.1. The average Bonchev–Trinajstić information content (AvgIpc) is 3.14. The molecule has 1 aromatic heterocycles. The zero-order valence-corrected chi connectivity index (χ0v) is 16.3. The largest absolute Gasteiger partial charge is 0.494 e. The summed E-state index contributed by atoms with van der Waals surface area (Å²) in [5.74, 6) is -1.47. The molecule has 2 amide bonds. The van der Waals surface area contributed by atoms with E-state index in [0.29, 0.717) is 22.3 Å². The van der Waals surface area contributed by atoms with E-state index in [2.05, 4.69) is 10.3 Å². The first-order valence-corrected chi connectivity index (χ1v) is 9.51. The molecule has 1 aliphatic rings. The molecule has 31 heavy (non-hydrogen) atoms. The van der Waals surface area contributed by atoms with E-state index >= 15 is 0 Å². The van der Waals surface area contributed by atoms with Crippen LogP contribution in [0.15, 0.2) is 48.7 Å². The Bertz CT molecular complexity index is 1160. The number of benzene rings is 2. The van der Waals surface area contributed by atoms with Crippen molar-refractivity contribution in [3.8, 4) is 5.88 Å². The molecule has 7 N–H and O–H groups in total. The first-order valence-electron chi connectivity index (χ1n) is 9.51. The summed E-state index contributed by atoms with van der Waals surface area (Å²) in [6, 6.07) is 11.3. The summed E-state index contributed by atoms with van der Waals surface area (Å²) in [6.45, 7) is 0.373.